The largest absolute Gasteiger partial charge is 0.493 e. The molecule has 1 aromatic carbocycles. The molecule has 3 heteroatoms. The molecule has 1 aromatic rings. The van der Waals surface area contributed by atoms with Crippen LogP contribution in [0.2, 0.25) is 0 Å². The van der Waals surface area contributed by atoms with Gasteiger partial charge in [0, 0.05) is 6.42 Å². The van der Waals surface area contributed by atoms with Gasteiger partial charge in [-0.05, 0) is 42.4 Å². The van der Waals surface area contributed by atoms with E-state index in [2.05, 4.69) is 18.2 Å². The van der Waals surface area contributed by atoms with Gasteiger partial charge in [-0.25, -0.2) is 0 Å². The third-order valence-corrected chi connectivity index (χ3v) is 4.10. The molecule has 2 rings (SSSR count). The first-order valence-electron chi connectivity index (χ1n) is 6.89. The van der Waals surface area contributed by atoms with E-state index in [1.807, 2.05) is 6.07 Å². The van der Waals surface area contributed by atoms with Gasteiger partial charge in [-0.2, -0.15) is 5.26 Å². The molecule has 0 N–H and O–H groups in total. The number of methoxy groups -OCH3 is 2. The second-order valence-electron chi connectivity index (χ2n) is 5.13. The van der Waals surface area contributed by atoms with Crippen LogP contribution in [-0.2, 0) is 0 Å². The lowest BCUT2D eigenvalue weighted by Gasteiger charge is -2.30. The molecule has 0 spiro atoms. The fraction of sp³-hybridized carbons (Fsp3) is 0.562. The zero-order chi connectivity index (χ0) is 13.7. The molecule has 0 aromatic heterocycles. The molecule has 1 aliphatic carbocycles. The maximum absolute atomic E-state index is 8.97. The molecule has 0 radical (unpaired) electrons. The number of benzene rings is 1. The molecule has 102 valence electrons. The van der Waals surface area contributed by atoms with Gasteiger partial charge < -0.3 is 9.47 Å². The Kier molecular flexibility index (Phi) is 4.68. The Morgan fingerprint density at radius 3 is 2.58 bits per heavy atom. The average molecular weight is 259 g/mol. The summed E-state index contributed by atoms with van der Waals surface area (Å²) < 4.78 is 10.6. The minimum absolute atomic E-state index is 0.480. The Morgan fingerprint density at radius 2 is 1.89 bits per heavy atom. The molecule has 0 aliphatic heterocycles. The van der Waals surface area contributed by atoms with Gasteiger partial charge in [0.2, 0.25) is 0 Å². The standard InChI is InChI=1S/C16H21NO2/c1-18-15-8-7-13(11-16(15)19-2)14-6-4-3-5-12(14)9-10-17/h7-8,11-12,14H,3-6,9H2,1-2H3. The summed E-state index contributed by atoms with van der Waals surface area (Å²) in [5, 5.41) is 8.97. The van der Waals surface area contributed by atoms with Crippen LogP contribution in [0.3, 0.4) is 0 Å². The van der Waals surface area contributed by atoms with Crippen molar-refractivity contribution in [2.45, 2.75) is 38.0 Å². The smallest absolute Gasteiger partial charge is 0.160 e. The van der Waals surface area contributed by atoms with E-state index in [0.29, 0.717) is 18.3 Å². The van der Waals surface area contributed by atoms with Crippen molar-refractivity contribution < 1.29 is 9.47 Å². The third-order valence-electron chi connectivity index (χ3n) is 4.10. The molecule has 3 nitrogen and oxygen atoms in total. The van der Waals surface area contributed by atoms with Gasteiger partial charge in [-0.15, -0.1) is 0 Å². The van der Waals surface area contributed by atoms with E-state index in [4.69, 9.17) is 14.7 Å². The van der Waals surface area contributed by atoms with Crippen LogP contribution >= 0.6 is 0 Å². The van der Waals surface area contributed by atoms with Crippen LogP contribution in [0.5, 0.6) is 11.5 Å². The fourth-order valence-electron chi connectivity index (χ4n) is 3.09. The van der Waals surface area contributed by atoms with Crippen molar-refractivity contribution in [3.05, 3.63) is 23.8 Å². The summed E-state index contributed by atoms with van der Waals surface area (Å²) in [4.78, 5) is 0. The number of hydrogen-bond donors (Lipinski definition) is 0. The van der Waals surface area contributed by atoms with Crippen LogP contribution in [0.4, 0.5) is 0 Å². The van der Waals surface area contributed by atoms with Crippen molar-refractivity contribution in [1.82, 2.24) is 0 Å². The highest BCUT2D eigenvalue weighted by atomic mass is 16.5. The van der Waals surface area contributed by atoms with Crippen LogP contribution in [0.15, 0.2) is 18.2 Å². The van der Waals surface area contributed by atoms with E-state index in [1.54, 1.807) is 14.2 Å². The van der Waals surface area contributed by atoms with E-state index in [1.165, 1.54) is 24.8 Å². The number of hydrogen-bond acceptors (Lipinski definition) is 3. The van der Waals surface area contributed by atoms with Gasteiger partial charge in [-0.3, -0.25) is 0 Å². The minimum Gasteiger partial charge on any atom is -0.493 e. The highest BCUT2D eigenvalue weighted by Gasteiger charge is 2.26. The number of ether oxygens (including phenoxy) is 2. The molecular formula is C16H21NO2. The first-order chi connectivity index (χ1) is 9.30. The van der Waals surface area contributed by atoms with Crippen LogP contribution < -0.4 is 9.47 Å². The van der Waals surface area contributed by atoms with Crippen molar-refractivity contribution in [2.24, 2.45) is 5.92 Å². The van der Waals surface area contributed by atoms with Crippen molar-refractivity contribution >= 4 is 0 Å². The Labute approximate surface area is 115 Å². The fourth-order valence-corrected chi connectivity index (χ4v) is 3.09. The lowest BCUT2D eigenvalue weighted by molar-refractivity contribution is 0.309. The van der Waals surface area contributed by atoms with Crippen molar-refractivity contribution in [3.63, 3.8) is 0 Å². The van der Waals surface area contributed by atoms with Crippen molar-refractivity contribution in [2.75, 3.05) is 14.2 Å². The molecule has 2 atom stereocenters. The van der Waals surface area contributed by atoms with E-state index in [9.17, 15) is 0 Å². The molecular weight excluding hydrogens is 238 g/mol. The van der Waals surface area contributed by atoms with Gasteiger partial charge in [0.15, 0.2) is 11.5 Å². The normalized spacial score (nSPS) is 22.6. The van der Waals surface area contributed by atoms with E-state index < -0.39 is 0 Å². The Hall–Kier alpha value is -1.69. The molecule has 19 heavy (non-hydrogen) atoms. The van der Waals surface area contributed by atoms with Gasteiger partial charge in [0.1, 0.15) is 0 Å². The second kappa shape index (κ2) is 6.47. The van der Waals surface area contributed by atoms with E-state index in [-0.39, 0.29) is 0 Å². The molecule has 0 heterocycles. The molecule has 0 saturated heterocycles. The summed E-state index contributed by atoms with van der Waals surface area (Å²) in [7, 11) is 3.31. The van der Waals surface area contributed by atoms with E-state index in [0.717, 1.165) is 17.9 Å². The van der Waals surface area contributed by atoms with Gasteiger partial charge in [0.05, 0.1) is 20.3 Å². The Bertz CT molecular complexity index is 464. The summed E-state index contributed by atoms with van der Waals surface area (Å²) in [6, 6.07) is 8.48. The van der Waals surface area contributed by atoms with Gasteiger partial charge in [0.25, 0.3) is 0 Å². The van der Waals surface area contributed by atoms with Crippen LogP contribution in [0.25, 0.3) is 0 Å². The molecule has 1 saturated carbocycles. The number of nitrogens with zero attached hydrogens (tertiary/aromatic N) is 1. The molecule has 1 fully saturated rings. The molecule has 0 bridgehead atoms. The summed E-state index contributed by atoms with van der Waals surface area (Å²) in [6.07, 6.45) is 5.48. The molecule has 2 unspecified atom stereocenters. The van der Waals surface area contributed by atoms with Gasteiger partial charge >= 0.3 is 0 Å². The monoisotopic (exact) mass is 259 g/mol. The van der Waals surface area contributed by atoms with Gasteiger partial charge in [-0.1, -0.05) is 18.9 Å². The van der Waals surface area contributed by atoms with Crippen molar-refractivity contribution in [3.8, 4) is 17.6 Å². The van der Waals surface area contributed by atoms with Crippen LogP contribution in [-0.4, -0.2) is 14.2 Å². The number of nitriles is 1. The topological polar surface area (TPSA) is 42.2 Å². The lowest BCUT2D eigenvalue weighted by atomic mass is 9.74. The lowest BCUT2D eigenvalue weighted by Crippen LogP contribution is -2.17. The Morgan fingerprint density at radius 1 is 1.16 bits per heavy atom. The highest BCUT2D eigenvalue weighted by molar-refractivity contribution is 5.44. The summed E-state index contributed by atoms with van der Waals surface area (Å²) >= 11 is 0. The average Bonchev–Trinajstić information content (AvgIpc) is 2.47. The van der Waals surface area contributed by atoms with Crippen molar-refractivity contribution in [1.29, 1.82) is 5.26 Å². The Balaban J connectivity index is 2.26. The predicted octanol–water partition coefficient (Wildman–Crippen LogP) is 3.89. The molecule has 0 amide bonds. The first-order valence-corrected chi connectivity index (χ1v) is 6.89. The second-order valence-corrected chi connectivity index (χ2v) is 5.13. The zero-order valence-electron chi connectivity index (χ0n) is 11.7. The zero-order valence-corrected chi connectivity index (χ0v) is 11.7. The maximum Gasteiger partial charge on any atom is 0.160 e. The number of rotatable bonds is 4. The first kappa shape index (κ1) is 13.7. The SMILES string of the molecule is COc1ccc(C2CCCCC2CC#N)cc1OC. The van der Waals surface area contributed by atoms with E-state index >= 15 is 0 Å². The summed E-state index contributed by atoms with van der Waals surface area (Å²) in [5.41, 5.74) is 1.28. The maximum atomic E-state index is 8.97. The molecule has 1 aliphatic rings. The summed E-state index contributed by atoms with van der Waals surface area (Å²) in [5.74, 6) is 2.50. The quantitative estimate of drug-likeness (QED) is 0.823. The third kappa shape index (κ3) is 3.01. The van der Waals surface area contributed by atoms with Crippen LogP contribution in [0, 0.1) is 17.2 Å². The summed E-state index contributed by atoms with van der Waals surface area (Å²) in [6.45, 7) is 0. The predicted molar refractivity (Wildman–Crippen MR) is 74.5 cm³/mol. The van der Waals surface area contributed by atoms with Crippen LogP contribution in [0.1, 0.15) is 43.6 Å². The minimum atomic E-state index is 0.480. The highest BCUT2D eigenvalue weighted by Crippen LogP contribution is 2.41.